The van der Waals surface area contributed by atoms with E-state index < -0.39 is 5.92 Å². The first-order chi connectivity index (χ1) is 9.73. The second-order valence-corrected chi connectivity index (χ2v) is 4.38. The van der Waals surface area contributed by atoms with Gasteiger partial charge in [0.1, 0.15) is 23.5 Å². The molecule has 1 saturated heterocycles. The maximum Gasteiger partial charge on any atom is 0.132 e. The number of benzene rings is 1. The Bertz CT molecular complexity index is 639. The summed E-state index contributed by atoms with van der Waals surface area (Å²) in [5, 5.41) is 27.1. The van der Waals surface area contributed by atoms with Gasteiger partial charge in [-0.2, -0.15) is 15.8 Å². The van der Waals surface area contributed by atoms with Crippen molar-refractivity contribution in [2.75, 3.05) is 25.1 Å². The van der Waals surface area contributed by atoms with Gasteiger partial charge in [0.05, 0.1) is 19.1 Å². The van der Waals surface area contributed by atoms with Crippen molar-refractivity contribution in [2.24, 2.45) is 5.92 Å². The highest BCUT2D eigenvalue weighted by atomic mass is 16.5. The molecule has 0 radical (unpaired) electrons. The van der Waals surface area contributed by atoms with E-state index in [0.717, 1.165) is 11.4 Å². The Balaban J connectivity index is 2.30. The van der Waals surface area contributed by atoms with Crippen LogP contribution in [0.4, 0.5) is 5.69 Å². The van der Waals surface area contributed by atoms with Crippen molar-refractivity contribution >= 4 is 5.69 Å². The highest BCUT2D eigenvalue weighted by molar-refractivity contribution is 5.56. The topological polar surface area (TPSA) is 83.8 Å². The maximum absolute atomic E-state index is 9.17. The van der Waals surface area contributed by atoms with E-state index in [1.165, 1.54) is 0 Å². The van der Waals surface area contributed by atoms with Crippen LogP contribution >= 0.6 is 0 Å². The van der Waals surface area contributed by atoms with E-state index in [1.807, 2.05) is 41.3 Å². The second kappa shape index (κ2) is 5.78. The lowest BCUT2D eigenvalue weighted by Crippen LogP contribution is -2.19. The van der Waals surface area contributed by atoms with E-state index in [4.69, 9.17) is 15.3 Å². The molecule has 0 saturated carbocycles. The molecule has 0 amide bonds. The smallest absolute Gasteiger partial charge is 0.132 e. The third kappa shape index (κ3) is 2.41. The van der Waals surface area contributed by atoms with Crippen LogP contribution in [0.2, 0.25) is 0 Å². The lowest BCUT2D eigenvalue weighted by Gasteiger charge is -2.17. The summed E-state index contributed by atoms with van der Waals surface area (Å²) in [6, 6.07) is 13.4. The normalized spacial score (nSPS) is 17.0. The molecule has 0 N–H and O–H groups in total. The van der Waals surface area contributed by atoms with Gasteiger partial charge in [-0.3, -0.25) is 0 Å². The molecular weight excluding hydrogens is 252 g/mol. The average molecular weight is 264 g/mol. The fourth-order valence-electron chi connectivity index (χ4n) is 2.24. The van der Waals surface area contributed by atoms with Crippen LogP contribution in [0.5, 0.6) is 5.75 Å². The van der Waals surface area contributed by atoms with Crippen LogP contribution in [0.15, 0.2) is 35.4 Å². The first-order valence-electron chi connectivity index (χ1n) is 6.05. The molecule has 1 heterocycles. The van der Waals surface area contributed by atoms with E-state index >= 15 is 0 Å². The molecule has 0 bridgehead atoms. The second-order valence-electron chi connectivity index (χ2n) is 4.38. The summed E-state index contributed by atoms with van der Waals surface area (Å²) in [4.78, 5) is 1.98. The van der Waals surface area contributed by atoms with E-state index in [1.54, 1.807) is 7.11 Å². The van der Waals surface area contributed by atoms with E-state index in [9.17, 15) is 5.26 Å². The monoisotopic (exact) mass is 264 g/mol. The maximum atomic E-state index is 9.17. The molecule has 1 aromatic rings. The van der Waals surface area contributed by atoms with Crippen molar-refractivity contribution in [1.82, 2.24) is 0 Å². The summed E-state index contributed by atoms with van der Waals surface area (Å²) in [6.07, 6.45) is 0. The van der Waals surface area contributed by atoms with E-state index in [2.05, 4.69) is 6.07 Å². The Morgan fingerprint density at radius 3 is 2.35 bits per heavy atom. The molecule has 0 spiro atoms. The number of methoxy groups -OCH3 is 1. The van der Waals surface area contributed by atoms with Gasteiger partial charge in [-0.05, 0) is 29.8 Å². The largest absolute Gasteiger partial charge is 0.497 e. The summed E-state index contributed by atoms with van der Waals surface area (Å²) < 4.78 is 5.10. The van der Waals surface area contributed by atoms with Gasteiger partial charge < -0.3 is 9.64 Å². The van der Waals surface area contributed by atoms with Gasteiger partial charge in [0.2, 0.25) is 0 Å². The Morgan fingerprint density at radius 1 is 1.20 bits per heavy atom. The number of allylic oxidation sites excluding steroid dienone is 1. The Kier molecular flexibility index (Phi) is 3.89. The number of hydrogen-bond donors (Lipinski definition) is 0. The zero-order chi connectivity index (χ0) is 14.5. The fraction of sp³-hybridized carbons (Fsp3) is 0.267. The molecule has 20 heavy (non-hydrogen) atoms. The van der Waals surface area contributed by atoms with Crippen LogP contribution in [0.25, 0.3) is 0 Å². The first-order valence-corrected chi connectivity index (χ1v) is 6.05. The van der Waals surface area contributed by atoms with Crippen LogP contribution in [0.1, 0.15) is 0 Å². The minimum Gasteiger partial charge on any atom is -0.497 e. The van der Waals surface area contributed by atoms with Gasteiger partial charge in [-0.1, -0.05) is 0 Å². The zero-order valence-corrected chi connectivity index (χ0v) is 11.0. The third-order valence-corrected chi connectivity index (χ3v) is 3.32. The molecule has 5 heteroatoms. The SMILES string of the molecule is COc1ccc(N2CC(=C(C#N)C#N)C(C#N)C2)cc1. The molecule has 98 valence electrons. The van der Waals surface area contributed by atoms with Gasteiger partial charge >= 0.3 is 0 Å². The van der Waals surface area contributed by atoms with Crippen LogP contribution < -0.4 is 9.64 Å². The molecule has 0 aliphatic carbocycles. The molecule has 0 aromatic heterocycles. The predicted molar refractivity (Wildman–Crippen MR) is 72.6 cm³/mol. The molecule has 1 fully saturated rings. The summed E-state index contributed by atoms with van der Waals surface area (Å²) in [5.74, 6) is 0.349. The molecule has 1 aromatic carbocycles. The summed E-state index contributed by atoms with van der Waals surface area (Å²) in [5.41, 5.74) is 1.59. The van der Waals surface area contributed by atoms with Gasteiger partial charge in [0.25, 0.3) is 0 Å². The first kappa shape index (κ1) is 13.5. The molecular formula is C15H12N4O. The van der Waals surface area contributed by atoms with Crippen molar-refractivity contribution in [1.29, 1.82) is 15.8 Å². The molecule has 1 unspecified atom stereocenters. The predicted octanol–water partition coefficient (Wildman–Crippen LogP) is 2.00. The molecule has 1 aliphatic rings. The highest BCUT2D eigenvalue weighted by Crippen LogP contribution is 2.30. The number of hydrogen-bond acceptors (Lipinski definition) is 5. The quantitative estimate of drug-likeness (QED) is 0.763. The summed E-state index contributed by atoms with van der Waals surface area (Å²) in [6.45, 7) is 0.923. The lowest BCUT2D eigenvalue weighted by atomic mass is 10.00. The number of anilines is 1. The Hall–Kier alpha value is -2.97. The Labute approximate surface area is 117 Å². The van der Waals surface area contributed by atoms with Crippen LogP contribution in [0.3, 0.4) is 0 Å². The van der Waals surface area contributed by atoms with Crippen LogP contribution in [-0.4, -0.2) is 20.2 Å². The van der Waals surface area contributed by atoms with E-state index in [0.29, 0.717) is 18.7 Å². The molecule has 5 nitrogen and oxygen atoms in total. The zero-order valence-electron chi connectivity index (χ0n) is 11.0. The van der Waals surface area contributed by atoms with Crippen LogP contribution in [0, 0.1) is 39.9 Å². The lowest BCUT2D eigenvalue weighted by molar-refractivity contribution is 0.415. The van der Waals surface area contributed by atoms with Gasteiger partial charge in [0.15, 0.2) is 0 Å². The van der Waals surface area contributed by atoms with Crippen molar-refractivity contribution < 1.29 is 4.74 Å². The van der Waals surface area contributed by atoms with Crippen molar-refractivity contribution in [3.8, 4) is 24.0 Å². The molecule has 2 rings (SSSR count). The third-order valence-electron chi connectivity index (χ3n) is 3.32. The van der Waals surface area contributed by atoms with Crippen molar-refractivity contribution in [3.05, 3.63) is 35.4 Å². The summed E-state index contributed by atoms with van der Waals surface area (Å²) in [7, 11) is 1.60. The fourth-order valence-corrected chi connectivity index (χ4v) is 2.24. The van der Waals surface area contributed by atoms with Crippen molar-refractivity contribution in [2.45, 2.75) is 0 Å². The van der Waals surface area contributed by atoms with Gasteiger partial charge in [-0.25, -0.2) is 0 Å². The van der Waals surface area contributed by atoms with Crippen molar-refractivity contribution in [3.63, 3.8) is 0 Å². The van der Waals surface area contributed by atoms with Gasteiger partial charge in [0, 0.05) is 18.8 Å². The number of rotatable bonds is 2. The standard InChI is InChI=1S/C15H12N4O/c1-20-14-4-2-13(3-5-14)19-9-12(8-18)15(10-19)11(6-16)7-17/h2-5,12H,9-10H2,1H3. The average Bonchev–Trinajstić information content (AvgIpc) is 2.93. The number of ether oxygens (including phenoxy) is 1. The number of nitrogens with zero attached hydrogens (tertiary/aromatic N) is 4. The van der Waals surface area contributed by atoms with Gasteiger partial charge in [-0.15, -0.1) is 0 Å². The molecule has 1 atom stereocenters. The Morgan fingerprint density at radius 2 is 1.85 bits per heavy atom. The van der Waals surface area contributed by atoms with Crippen LogP contribution in [-0.2, 0) is 0 Å². The van der Waals surface area contributed by atoms with E-state index in [-0.39, 0.29) is 5.57 Å². The molecule has 1 aliphatic heterocycles. The minimum absolute atomic E-state index is 0.0487. The number of nitriles is 3. The minimum atomic E-state index is -0.411. The highest BCUT2D eigenvalue weighted by Gasteiger charge is 2.30. The summed E-state index contributed by atoms with van der Waals surface area (Å²) >= 11 is 0.